The molecule has 1 fully saturated rings. The molecule has 0 saturated carbocycles. The van der Waals surface area contributed by atoms with E-state index in [0.29, 0.717) is 17.3 Å². The Labute approximate surface area is 220 Å². The van der Waals surface area contributed by atoms with E-state index >= 15 is 0 Å². The van der Waals surface area contributed by atoms with Gasteiger partial charge in [0.15, 0.2) is 0 Å². The molecule has 0 aromatic carbocycles. The first-order valence-corrected chi connectivity index (χ1v) is 16.9. The fraction of sp³-hybridized carbons (Fsp3) is 0.538. The molecule has 0 spiro atoms. The van der Waals surface area contributed by atoms with Crippen LogP contribution < -0.4 is 11.2 Å². The molecule has 12 nitrogen and oxygen atoms in total. The van der Waals surface area contributed by atoms with Crippen molar-refractivity contribution in [1.82, 2.24) is 9.55 Å². The Morgan fingerprint density at radius 1 is 1.22 bits per heavy atom. The third-order valence-corrected chi connectivity index (χ3v) is 12.5. The molecule has 1 aliphatic heterocycles. The van der Waals surface area contributed by atoms with Crippen molar-refractivity contribution in [3.63, 3.8) is 0 Å². The minimum absolute atomic E-state index is 0.114. The predicted octanol–water partition coefficient (Wildman–Crippen LogP) is 2.18. The number of H-pyrrole nitrogens is 1. The number of hydrogen-bond acceptors (Lipinski definition) is 10. The van der Waals surface area contributed by atoms with E-state index in [1.165, 1.54) is 10.8 Å². The van der Waals surface area contributed by atoms with Crippen LogP contribution in [0, 0.1) is 11.8 Å². The van der Waals surface area contributed by atoms with Crippen molar-refractivity contribution < 1.29 is 37.5 Å². The Bertz CT molecular complexity index is 937. The van der Waals surface area contributed by atoms with Gasteiger partial charge in [-0.15, -0.1) is 0 Å². The van der Waals surface area contributed by atoms with Crippen LogP contribution in [0.1, 0.15) is 24.6 Å². The molecule has 3 unspecified atom stereocenters. The van der Waals surface area contributed by atoms with Gasteiger partial charge in [0.25, 0.3) is 0 Å². The zero-order valence-corrected chi connectivity index (χ0v) is 25.4. The van der Waals surface area contributed by atoms with Crippen LogP contribution in [0.25, 0.3) is 0 Å². The first kappa shape index (κ1) is 29.7. The number of nitrogens with zero attached hydrogens (tertiary/aromatic N) is 1. The molecule has 0 bridgehead atoms. The van der Waals surface area contributed by atoms with Crippen LogP contribution >= 0.6 is 73.6 Å². The van der Waals surface area contributed by atoms with Gasteiger partial charge in [0.05, 0.1) is 0 Å². The van der Waals surface area contributed by atoms with Gasteiger partial charge in [0.1, 0.15) is 0 Å². The summed E-state index contributed by atoms with van der Waals surface area (Å²) < 4.78 is 21.1. The molecule has 1 aromatic rings. The van der Waals surface area contributed by atoms with Crippen molar-refractivity contribution in [3.8, 4) is 11.8 Å². The standard InChI is InChI=1S/C13H16Br3N2O10P3Te/c14-13(15,16)32-5-1-2-8-6-18(12(20)17-11(8)19)10-4-3-9(26-10)7-25-30(23)28-31(24)27-29(21)22/h6,9-10,21-24H,3-5,7H2,(H,17,19,20)/t9-,10?,30?,31?/m0/s1. The van der Waals surface area contributed by atoms with Crippen LogP contribution in [0.5, 0.6) is 0 Å². The molecule has 32 heavy (non-hydrogen) atoms. The number of alkyl halides is 3. The fourth-order valence-electron chi connectivity index (χ4n) is 2.36. The monoisotopic (exact) mass is 820 g/mol. The van der Waals surface area contributed by atoms with E-state index < -0.39 is 70.3 Å². The minimum atomic E-state index is -2.84. The second-order valence-corrected chi connectivity index (χ2v) is 23.8. The van der Waals surface area contributed by atoms with Gasteiger partial charge in [-0.25, -0.2) is 8.62 Å². The number of aromatic nitrogens is 2. The molecule has 0 radical (unpaired) electrons. The zero-order chi connectivity index (χ0) is 23.9. The Morgan fingerprint density at radius 2 is 1.94 bits per heavy atom. The molecule has 180 valence electrons. The van der Waals surface area contributed by atoms with E-state index in [1.54, 1.807) is 0 Å². The maximum atomic E-state index is 12.2. The van der Waals surface area contributed by atoms with Crippen LogP contribution in [-0.4, -0.2) is 62.9 Å². The first-order valence-electron chi connectivity index (χ1n) is 8.30. The summed E-state index contributed by atoms with van der Waals surface area (Å²) in [5.74, 6) is 5.71. The molecule has 2 rings (SSSR count). The fourth-order valence-corrected chi connectivity index (χ4v) is 7.39. The molecule has 1 aromatic heterocycles. The SMILES string of the molecule is O=c1[nH]c(=O)n(C2CC[C@@H](COP(O)OP(O)OP(O)O)O2)cc1C#CC[Te]C(Br)(Br)Br. The topological polar surface area (TPSA) is 173 Å². The summed E-state index contributed by atoms with van der Waals surface area (Å²) in [6, 6.07) is 0. The molecule has 0 amide bonds. The molecule has 2 heterocycles. The molecular formula is C13H16Br3N2O10P3Te. The van der Waals surface area contributed by atoms with Crippen molar-refractivity contribution in [2.45, 2.75) is 29.8 Å². The maximum absolute atomic E-state index is 12.2. The van der Waals surface area contributed by atoms with Crippen molar-refractivity contribution in [1.29, 1.82) is 0 Å². The van der Waals surface area contributed by atoms with Gasteiger partial charge in [0, 0.05) is 0 Å². The van der Waals surface area contributed by atoms with Crippen LogP contribution in [0.3, 0.4) is 0 Å². The van der Waals surface area contributed by atoms with E-state index in [0.717, 1.165) is 0 Å². The molecule has 1 aliphatic rings. The van der Waals surface area contributed by atoms with E-state index in [4.69, 9.17) is 19.0 Å². The third kappa shape index (κ3) is 11.0. The second kappa shape index (κ2) is 14.2. The summed E-state index contributed by atoms with van der Waals surface area (Å²) >= 11 is 9.67. The van der Waals surface area contributed by atoms with Crippen LogP contribution in [0.2, 0.25) is 4.47 Å². The third-order valence-electron chi connectivity index (χ3n) is 3.55. The second-order valence-electron chi connectivity index (χ2n) is 5.72. The van der Waals surface area contributed by atoms with Gasteiger partial charge in [-0.1, -0.05) is 0 Å². The van der Waals surface area contributed by atoms with Crippen molar-refractivity contribution in [3.05, 3.63) is 32.6 Å². The quantitative estimate of drug-likeness (QED) is 0.108. The summed E-state index contributed by atoms with van der Waals surface area (Å²) in [6.07, 6.45) is 1.12. The van der Waals surface area contributed by atoms with Crippen molar-refractivity contribution in [2.75, 3.05) is 6.61 Å². The summed E-state index contributed by atoms with van der Waals surface area (Å²) in [6.45, 7) is -0.114. The van der Waals surface area contributed by atoms with Crippen LogP contribution in [0.15, 0.2) is 15.8 Å². The summed E-state index contributed by atoms with van der Waals surface area (Å²) in [5, 5.41) is 0. The number of nitrogens with one attached hydrogen (secondary N) is 1. The summed E-state index contributed by atoms with van der Waals surface area (Å²) in [4.78, 5) is 62.6. The van der Waals surface area contributed by atoms with Gasteiger partial charge >= 0.3 is 194 Å². The predicted molar refractivity (Wildman–Crippen MR) is 129 cm³/mol. The summed E-state index contributed by atoms with van der Waals surface area (Å²) in [5.41, 5.74) is -1.08. The van der Waals surface area contributed by atoms with Crippen LogP contribution in [-0.2, 0) is 17.9 Å². The zero-order valence-electron chi connectivity index (χ0n) is 15.6. The van der Waals surface area contributed by atoms with E-state index in [-0.39, 0.29) is 12.4 Å². The molecule has 0 aliphatic carbocycles. The molecule has 1 saturated heterocycles. The Hall–Kier alpha value is 1.44. The van der Waals surface area contributed by atoms with Crippen LogP contribution in [0.4, 0.5) is 0 Å². The summed E-state index contributed by atoms with van der Waals surface area (Å²) in [7, 11) is -8.09. The average Bonchev–Trinajstić information content (AvgIpc) is 3.12. The number of ether oxygens (including phenoxy) is 1. The Morgan fingerprint density at radius 3 is 2.59 bits per heavy atom. The van der Waals surface area contributed by atoms with E-state index in [1.807, 2.05) is 0 Å². The number of hydrogen-bond donors (Lipinski definition) is 5. The Balaban J connectivity index is 1.94. The number of halogens is 3. The Kier molecular flexibility index (Phi) is 13.2. The molecule has 19 heteroatoms. The number of aromatic amines is 1. The molecule has 4 atom stereocenters. The molecular weight excluding hydrogens is 804 g/mol. The van der Waals surface area contributed by atoms with E-state index in [2.05, 4.69) is 73.2 Å². The van der Waals surface area contributed by atoms with Gasteiger partial charge < -0.3 is 19.6 Å². The van der Waals surface area contributed by atoms with E-state index in [9.17, 15) is 19.4 Å². The van der Waals surface area contributed by atoms with Crippen molar-refractivity contribution in [2.24, 2.45) is 0 Å². The molecule has 5 N–H and O–H groups in total. The van der Waals surface area contributed by atoms with Gasteiger partial charge in [-0.05, 0) is 0 Å². The number of rotatable bonds is 9. The van der Waals surface area contributed by atoms with Gasteiger partial charge in [0.2, 0.25) is 0 Å². The first-order chi connectivity index (χ1) is 14.9. The average molecular weight is 821 g/mol. The van der Waals surface area contributed by atoms with Crippen molar-refractivity contribution >= 4 is 94.5 Å². The normalized spacial score (nSPS) is 20.8. The van der Waals surface area contributed by atoms with Gasteiger partial charge in [-0.2, -0.15) is 0 Å². The van der Waals surface area contributed by atoms with Gasteiger partial charge in [-0.3, -0.25) is 0 Å².